The fourth-order valence-electron chi connectivity index (χ4n) is 4.70. The fourth-order valence-corrected chi connectivity index (χ4v) is 4.70. The maximum atomic E-state index is 13.9. The standard InChI is InChI=1S/C22H24F3N3O4/c1-2-22-5-3-4-6-27(11-22)21(32)17-19(30)18(29)14(10-28(17)22)20(31)26-9-13-15(24)7-12(23)8-16(13)25/h7-8,10,18,29-30H,2-6,9,11H2,1H3,(H,26,31)/t18?,22-/m1/s1. The van der Waals surface area contributed by atoms with Crippen LogP contribution in [0.3, 0.4) is 0 Å². The van der Waals surface area contributed by atoms with Crippen LogP contribution in [0.25, 0.3) is 0 Å². The molecule has 0 radical (unpaired) electrons. The largest absolute Gasteiger partial charge is 0.507 e. The number of hydrogen-bond donors (Lipinski definition) is 3. The average Bonchev–Trinajstić information content (AvgIpc) is 2.94. The number of aliphatic hydroxyl groups excluding tert-OH is 2. The Kier molecular flexibility index (Phi) is 5.66. The van der Waals surface area contributed by atoms with Gasteiger partial charge >= 0.3 is 0 Å². The third kappa shape index (κ3) is 3.52. The lowest BCUT2D eigenvalue weighted by molar-refractivity contribution is -0.136. The van der Waals surface area contributed by atoms with Crippen molar-refractivity contribution in [2.24, 2.45) is 0 Å². The summed E-state index contributed by atoms with van der Waals surface area (Å²) >= 11 is 0. The van der Waals surface area contributed by atoms with Gasteiger partial charge in [-0.3, -0.25) is 9.59 Å². The van der Waals surface area contributed by atoms with Crippen LogP contribution in [0.2, 0.25) is 0 Å². The highest BCUT2D eigenvalue weighted by atomic mass is 19.1. The first-order valence-electron chi connectivity index (χ1n) is 10.5. The first kappa shape index (κ1) is 22.2. The summed E-state index contributed by atoms with van der Waals surface area (Å²) in [5, 5.41) is 23.5. The van der Waals surface area contributed by atoms with Crippen molar-refractivity contribution in [2.75, 3.05) is 13.1 Å². The lowest BCUT2D eigenvalue weighted by Crippen LogP contribution is -2.62. The van der Waals surface area contributed by atoms with E-state index < -0.39 is 58.8 Å². The Balaban J connectivity index is 1.64. The summed E-state index contributed by atoms with van der Waals surface area (Å²) in [6.07, 6.45) is 2.57. The van der Waals surface area contributed by atoms with Crippen molar-refractivity contribution in [1.82, 2.24) is 15.1 Å². The number of hydrogen-bond acceptors (Lipinski definition) is 5. The Labute approximate surface area is 182 Å². The summed E-state index contributed by atoms with van der Waals surface area (Å²) in [6, 6.07) is 1.00. The second-order valence-electron chi connectivity index (χ2n) is 8.38. The van der Waals surface area contributed by atoms with Crippen LogP contribution >= 0.6 is 0 Å². The molecule has 4 rings (SSSR count). The fraction of sp³-hybridized carbons (Fsp3) is 0.455. The number of rotatable bonds is 4. The van der Waals surface area contributed by atoms with Crippen LogP contribution in [-0.4, -0.2) is 56.6 Å². The molecule has 3 heterocycles. The van der Waals surface area contributed by atoms with Crippen molar-refractivity contribution in [3.05, 3.63) is 58.4 Å². The minimum atomic E-state index is -1.77. The number of halogens is 3. The molecule has 0 spiro atoms. The molecule has 2 amide bonds. The minimum absolute atomic E-state index is 0.0559. The van der Waals surface area contributed by atoms with E-state index in [0.29, 0.717) is 31.6 Å². The van der Waals surface area contributed by atoms with Crippen molar-refractivity contribution >= 4 is 11.8 Å². The van der Waals surface area contributed by atoms with E-state index in [0.717, 1.165) is 19.3 Å². The molecule has 2 fully saturated rings. The molecule has 10 heteroatoms. The highest BCUT2D eigenvalue weighted by molar-refractivity contribution is 5.99. The quantitative estimate of drug-likeness (QED) is 0.653. The van der Waals surface area contributed by atoms with Gasteiger partial charge < -0.3 is 25.3 Å². The Morgan fingerprint density at radius 1 is 1.25 bits per heavy atom. The number of carbonyl (C=O) groups is 2. The van der Waals surface area contributed by atoms with E-state index in [1.807, 2.05) is 6.92 Å². The van der Waals surface area contributed by atoms with E-state index in [4.69, 9.17) is 0 Å². The van der Waals surface area contributed by atoms with Gasteiger partial charge in [-0.25, -0.2) is 13.2 Å². The Morgan fingerprint density at radius 2 is 1.94 bits per heavy atom. The average molecular weight is 451 g/mol. The lowest BCUT2D eigenvalue weighted by Gasteiger charge is -2.51. The molecule has 0 aliphatic carbocycles. The Hall–Kier alpha value is -3.01. The highest BCUT2D eigenvalue weighted by Gasteiger charge is 2.50. The van der Waals surface area contributed by atoms with Gasteiger partial charge in [0.15, 0.2) is 5.76 Å². The highest BCUT2D eigenvalue weighted by Crippen LogP contribution is 2.42. The molecule has 0 aromatic heterocycles. The Bertz CT molecular complexity index is 1020. The van der Waals surface area contributed by atoms with E-state index >= 15 is 0 Å². The third-order valence-electron chi connectivity index (χ3n) is 6.56. The van der Waals surface area contributed by atoms with Gasteiger partial charge in [0.1, 0.15) is 29.3 Å². The van der Waals surface area contributed by atoms with E-state index in [-0.39, 0.29) is 11.3 Å². The van der Waals surface area contributed by atoms with E-state index in [1.54, 1.807) is 9.80 Å². The third-order valence-corrected chi connectivity index (χ3v) is 6.56. The normalized spacial score (nSPS) is 25.3. The summed E-state index contributed by atoms with van der Waals surface area (Å²) < 4.78 is 40.9. The van der Waals surface area contributed by atoms with Gasteiger partial charge in [0.05, 0.1) is 11.1 Å². The molecule has 3 N–H and O–H groups in total. The number of benzene rings is 1. The molecule has 2 atom stereocenters. The van der Waals surface area contributed by atoms with Crippen molar-refractivity contribution in [1.29, 1.82) is 0 Å². The molecule has 172 valence electrons. The SMILES string of the molecule is CC[C@@]12CCCCN(C1)C(=O)C1=C(O)C(O)C(C(=O)NCc3c(F)cc(F)cc3F)=CN12. The molecule has 1 aromatic rings. The molecule has 2 bridgehead atoms. The van der Waals surface area contributed by atoms with Crippen LogP contribution in [0, 0.1) is 17.5 Å². The molecular weight excluding hydrogens is 427 g/mol. The predicted molar refractivity (Wildman–Crippen MR) is 107 cm³/mol. The molecular formula is C22H24F3N3O4. The van der Waals surface area contributed by atoms with E-state index in [1.165, 1.54) is 6.20 Å². The van der Waals surface area contributed by atoms with Crippen LogP contribution in [0.1, 0.15) is 38.2 Å². The number of nitrogens with one attached hydrogen (secondary N) is 1. The van der Waals surface area contributed by atoms with Crippen molar-refractivity contribution in [3.8, 4) is 0 Å². The molecule has 32 heavy (non-hydrogen) atoms. The topological polar surface area (TPSA) is 93.1 Å². The molecule has 3 aliphatic rings. The summed E-state index contributed by atoms with van der Waals surface area (Å²) in [7, 11) is 0. The number of piperazine rings is 1. The van der Waals surface area contributed by atoms with Gasteiger partial charge in [-0.05, 0) is 25.7 Å². The number of amides is 2. The van der Waals surface area contributed by atoms with Gasteiger partial charge in [0, 0.05) is 43.5 Å². The molecule has 2 saturated heterocycles. The zero-order valence-corrected chi connectivity index (χ0v) is 17.5. The Morgan fingerprint density at radius 3 is 2.59 bits per heavy atom. The maximum Gasteiger partial charge on any atom is 0.274 e. The van der Waals surface area contributed by atoms with Crippen LogP contribution in [0.15, 0.2) is 35.4 Å². The molecule has 7 nitrogen and oxygen atoms in total. The zero-order valence-electron chi connectivity index (χ0n) is 17.5. The lowest BCUT2D eigenvalue weighted by atomic mass is 9.84. The second kappa shape index (κ2) is 8.16. The number of nitrogens with zero attached hydrogens (tertiary/aromatic N) is 2. The van der Waals surface area contributed by atoms with Crippen LogP contribution in [-0.2, 0) is 16.1 Å². The van der Waals surface area contributed by atoms with Crippen molar-refractivity contribution < 1.29 is 33.0 Å². The van der Waals surface area contributed by atoms with E-state index in [9.17, 15) is 33.0 Å². The van der Waals surface area contributed by atoms with E-state index in [2.05, 4.69) is 5.32 Å². The minimum Gasteiger partial charge on any atom is -0.507 e. The molecule has 0 saturated carbocycles. The van der Waals surface area contributed by atoms with Gasteiger partial charge in [-0.2, -0.15) is 0 Å². The van der Waals surface area contributed by atoms with Gasteiger partial charge in [-0.1, -0.05) is 6.92 Å². The zero-order chi connectivity index (χ0) is 23.2. The van der Waals surface area contributed by atoms with Gasteiger partial charge in [0.2, 0.25) is 0 Å². The maximum absolute atomic E-state index is 13.9. The monoisotopic (exact) mass is 451 g/mol. The number of fused-ring (bicyclic) bond motifs is 4. The van der Waals surface area contributed by atoms with Crippen molar-refractivity contribution in [2.45, 2.75) is 50.8 Å². The second-order valence-corrected chi connectivity index (χ2v) is 8.38. The molecule has 3 aliphatic heterocycles. The summed E-state index contributed by atoms with van der Waals surface area (Å²) in [6.45, 7) is 2.33. The summed E-state index contributed by atoms with van der Waals surface area (Å²) in [4.78, 5) is 29.0. The number of aliphatic hydroxyl groups is 2. The van der Waals surface area contributed by atoms with Crippen molar-refractivity contribution in [3.63, 3.8) is 0 Å². The van der Waals surface area contributed by atoms with Crippen LogP contribution in [0.4, 0.5) is 13.2 Å². The first-order valence-corrected chi connectivity index (χ1v) is 10.5. The van der Waals surface area contributed by atoms with Crippen LogP contribution in [0.5, 0.6) is 0 Å². The molecule has 1 unspecified atom stereocenters. The van der Waals surface area contributed by atoms with Crippen LogP contribution < -0.4 is 5.32 Å². The summed E-state index contributed by atoms with van der Waals surface area (Å²) in [5.41, 5.74) is -1.40. The smallest absolute Gasteiger partial charge is 0.274 e. The number of carbonyl (C=O) groups excluding carboxylic acids is 2. The van der Waals surface area contributed by atoms with Gasteiger partial charge in [0.25, 0.3) is 11.8 Å². The summed E-state index contributed by atoms with van der Waals surface area (Å²) in [5.74, 6) is -5.32. The van der Waals surface area contributed by atoms with Gasteiger partial charge in [-0.15, -0.1) is 0 Å². The molecule has 1 aromatic carbocycles. The first-order chi connectivity index (χ1) is 15.2. The predicted octanol–water partition coefficient (Wildman–Crippen LogP) is 2.22.